The molecule has 0 aliphatic carbocycles. The van der Waals surface area contributed by atoms with Crippen LogP contribution in [0.2, 0.25) is 0 Å². The van der Waals surface area contributed by atoms with Gasteiger partial charge < -0.3 is 10.2 Å². The number of fused-ring (bicyclic) bond motifs is 1. The van der Waals surface area contributed by atoms with Gasteiger partial charge in [-0.2, -0.15) is 5.26 Å². The number of amides is 2. The number of benzene rings is 3. The number of rotatable bonds is 4. The lowest BCUT2D eigenvalue weighted by Gasteiger charge is -2.34. The minimum absolute atomic E-state index is 0.0913. The van der Waals surface area contributed by atoms with Crippen molar-refractivity contribution in [3.8, 4) is 17.2 Å². The first-order valence-corrected chi connectivity index (χ1v) is 11.4. The molecule has 1 saturated heterocycles. The summed E-state index contributed by atoms with van der Waals surface area (Å²) in [4.78, 5) is 21.8. The summed E-state index contributed by atoms with van der Waals surface area (Å²) in [6, 6.07) is 29.6. The Kier molecular flexibility index (Phi) is 6.19. The van der Waals surface area contributed by atoms with E-state index in [9.17, 15) is 4.79 Å². The highest BCUT2D eigenvalue weighted by Gasteiger charge is 2.21. The van der Waals surface area contributed by atoms with Gasteiger partial charge in [-0.05, 0) is 47.5 Å². The van der Waals surface area contributed by atoms with Crippen LogP contribution in [0.3, 0.4) is 0 Å². The second-order valence-electron chi connectivity index (χ2n) is 8.46. The highest BCUT2D eigenvalue weighted by Crippen LogP contribution is 2.24. The van der Waals surface area contributed by atoms with Gasteiger partial charge in [0.05, 0.1) is 22.8 Å². The van der Waals surface area contributed by atoms with Crippen LogP contribution in [0.5, 0.6) is 0 Å². The zero-order valence-electron chi connectivity index (χ0n) is 18.8. The summed E-state index contributed by atoms with van der Waals surface area (Å²) in [6.07, 6.45) is 0. The summed E-state index contributed by atoms with van der Waals surface area (Å²) in [5.74, 6) is 0. The number of para-hydroxylation sites is 1. The van der Waals surface area contributed by atoms with E-state index in [0.717, 1.165) is 53.0 Å². The molecule has 0 unspecified atom stereocenters. The number of carbonyl (C=O) groups excluding carboxylic acids is 1. The van der Waals surface area contributed by atoms with Crippen molar-refractivity contribution in [2.75, 3.05) is 31.5 Å². The normalized spacial score (nSPS) is 14.0. The molecule has 4 aromatic rings. The van der Waals surface area contributed by atoms with Crippen LogP contribution in [-0.4, -0.2) is 47.0 Å². The third kappa shape index (κ3) is 4.90. The molecule has 2 heterocycles. The minimum atomic E-state index is -0.0913. The summed E-state index contributed by atoms with van der Waals surface area (Å²) in [6.45, 7) is 3.74. The lowest BCUT2D eigenvalue weighted by molar-refractivity contribution is 0.142. The number of nitrogens with zero attached hydrogens (tertiary/aromatic N) is 4. The highest BCUT2D eigenvalue weighted by atomic mass is 16.2. The molecule has 2 amide bonds. The largest absolute Gasteiger partial charge is 0.322 e. The Labute approximate surface area is 199 Å². The number of carbonyl (C=O) groups is 1. The fourth-order valence-electron chi connectivity index (χ4n) is 4.28. The molecule has 3 aromatic carbocycles. The second kappa shape index (κ2) is 9.74. The van der Waals surface area contributed by atoms with Crippen molar-refractivity contribution < 1.29 is 4.79 Å². The molecular weight excluding hydrogens is 422 g/mol. The quantitative estimate of drug-likeness (QED) is 0.471. The van der Waals surface area contributed by atoms with Crippen molar-refractivity contribution in [2.45, 2.75) is 6.54 Å². The number of piperazine rings is 1. The summed E-state index contributed by atoms with van der Waals surface area (Å²) < 4.78 is 0. The Balaban J connectivity index is 1.18. The van der Waals surface area contributed by atoms with Gasteiger partial charge in [0.25, 0.3) is 0 Å². The van der Waals surface area contributed by atoms with Gasteiger partial charge in [0.2, 0.25) is 0 Å². The fraction of sp³-hybridized carbons (Fsp3) is 0.179. The van der Waals surface area contributed by atoms with Gasteiger partial charge in [0, 0.05) is 43.8 Å². The van der Waals surface area contributed by atoms with Crippen molar-refractivity contribution in [3.63, 3.8) is 0 Å². The molecular formula is C28H25N5O. The molecule has 1 aliphatic heterocycles. The van der Waals surface area contributed by atoms with Crippen molar-refractivity contribution in [1.29, 1.82) is 5.26 Å². The maximum atomic E-state index is 12.9. The molecule has 168 valence electrons. The maximum Gasteiger partial charge on any atom is 0.321 e. The van der Waals surface area contributed by atoms with Crippen LogP contribution in [0.4, 0.5) is 10.5 Å². The van der Waals surface area contributed by atoms with Gasteiger partial charge in [-0.15, -0.1) is 0 Å². The molecule has 0 atom stereocenters. The maximum absolute atomic E-state index is 12.9. The number of anilines is 1. The Morgan fingerprint density at radius 2 is 1.65 bits per heavy atom. The number of aromatic nitrogens is 1. The number of nitriles is 1. The third-order valence-electron chi connectivity index (χ3n) is 6.14. The van der Waals surface area contributed by atoms with E-state index in [4.69, 9.17) is 10.2 Å². The monoisotopic (exact) mass is 447 g/mol. The van der Waals surface area contributed by atoms with Crippen molar-refractivity contribution in [3.05, 3.63) is 96.2 Å². The molecule has 0 bridgehead atoms. The van der Waals surface area contributed by atoms with Gasteiger partial charge in [-0.1, -0.05) is 48.5 Å². The molecule has 1 aliphatic rings. The van der Waals surface area contributed by atoms with Crippen molar-refractivity contribution in [1.82, 2.24) is 14.8 Å². The van der Waals surface area contributed by atoms with Crippen LogP contribution in [0.15, 0.2) is 84.9 Å². The van der Waals surface area contributed by atoms with Gasteiger partial charge in [0.15, 0.2) is 0 Å². The standard InChI is InChI=1S/C28H25N5O/c29-19-21-5-3-7-23(17-21)24-8-4-9-25(18-24)31-28(34)33-15-13-32(14-16-33)20-26-12-11-22-6-1-2-10-27(22)30-26/h1-12,17-18H,13-16,20H2,(H,31,34). The van der Waals surface area contributed by atoms with Crippen LogP contribution >= 0.6 is 0 Å². The number of pyridine rings is 1. The third-order valence-corrected chi connectivity index (χ3v) is 6.14. The van der Waals surface area contributed by atoms with Gasteiger partial charge in [0.1, 0.15) is 0 Å². The number of nitrogens with one attached hydrogen (secondary N) is 1. The smallest absolute Gasteiger partial charge is 0.321 e. The van der Waals surface area contributed by atoms with Crippen molar-refractivity contribution in [2.24, 2.45) is 0 Å². The Morgan fingerprint density at radius 3 is 2.47 bits per heavy atom. The molecule has 6 heteroatoms. The first kappa shape index (κ1) is 21.6. The van der Waals surface area contributed by atoms with Crippen molar-refractivity contribution >= 4 is 22.6 Å². The average molecular weight is 448 g/mol. The van der Waals surface area contributed by atoms with Crippen LogP contribution in [0, 0.1) is 11.3 Å². The van der Waals surface area contributed by atoms with E-state index >= 15 is 0 Å². The summed E-state index contributed by atoms with van der Waals surface area (Å²) in [5, 5.41) is 13.3. The molecule has 0 saturated carbocycles. The van der Waals surface area contributed by atoms with Crippen LogP contribution in [0.25, 0.3) is 22.0 Å². The first-order chi connectivity index (χ1) is 16.7. The molecule has 34 heavy (non-hydrogen) atoms. The fourth-order valence-corrected chi connectivity index (χ4v) is 4.28. The van der Waals surface area contributed by atoms with Crippen LogP contribution in [-0.2, 0) is 6.54 Å². The Bertz CT molecular complexity index is 1370. The van der Waals surface area contributed by atoms with E-state index < -0.39 is 0 Å². The molecule has 5 rings (SSSR count). The Hall–Kier alpha value is -4.21. The van der Waals surface area contributed by atoms with Gasteiger partial charge in [-0.25, -0.2) is 4.79 Å². The Morgan fingerprint density at radius 1 is 0.882 bits per heavy atom. The summed E-state index contributed by atoms with van der Waals surface area (Å²) in [7, 11) is 0. The highest BCUT2D eigenvalue weighted by molar-refractivity contribution is 5.90. The predicted octanol–water partition coefficient (Wildman–Crippen LogP) is 5.12. The lowest BCUT2D eigenvalue weighted by Crippen LogP contribution is -2.49. The van der Waals surface area contributed by atoms with E-state index in [1.807, 2.05) is 65.6 Å². The predicted molar refractivity (Wildman–Crippen MR) is 134 cm³/mol. The van der Waals surface area contributed by atoms with Gasteiger partial charge >= 0.3 is 6.03 Å². The minimum Gasteiger partial charge on any atom is -0.322 e. The lowest BCUT2D eigenvalue weighted by atomic mass is 10.0. The molecule has 0 radical (unpaired) electrons. The van der Waals surface area contributed by atoms with E-state index in [2.05, 4.69) is 34.5 Å². The molecule has 1 fully saturated rings. The first-order valence-electron chi connectivity index (χ1n) is 11.4. The van der Waals surface area contributed by atoms with Gasteiger partial charge in [-0.3, -0.25) is 9.88 Å². The molecule has 6 nitrogen and oxygen atoms in total. The van der Waals surface area contributed by atoms with E-state index in [1.54, 1.807) is 6.07 Å². The SMILES string of the molecule is N#Cc1cccc(-c2cccc(NC(=O)N3CCN(Cc4ccc5ccccc5n4)CC3)c2)c1. The van der Waals surface area contributed by atoms with E-state index in [-0.39, 0.29) is 6.03 Å². The number of urea groups is 1. The molecule has 0 spiro atoms. The summed E-state index contributed by atoms with van der Waals surface area (Å²) >= 11 is 0. The number of hydrogen-bond donors (Lipinski definition) is 1. The zero-order chi connectivity index (χ0) is 23.3. The van der Waals surface area contributed by atoms with E-state index in [1.165, 1.54) is 0 Å². The average Bonchev–Trinajstić information content (AvgIpc) is 2.89. The van der Waals surface area contributed by atoms with Crippen LogP contribution < -0.4 is 5.32 Å². The zero-order valence-corrected chi connectivity index (χ0v) is 18.8. The number of hydrogen-bond acceptors (Lipinski definition) is 4. The van der Waals surface area contributed by atoms with E-state index in [0.29, 0.717) is 18.7 Å². The van der Waals surface area contributed by atoms with Crippen LogP contribution in [0.1, 0.15) is 11.3 Å². The molecule has 1 aromatic heterocycles. The molecule has 1 N–H and O–H groups in total. The topological polar surface area (TPSA) is 72.3 Å². The summed E-state index contributed by atoms with van der Waals surface area (Å²) in [5.41, 5.74) is 5.33. The second-order valence-corrected chi connectivity index (χ2v) is 8.46.